The van der Waals surface area contributed by atoms with E-state index in [1.165, 1.54) is 0 Å². The van der Waals surface area contributed by atoms with Gasteiger partial charge in [-0.3, -0.25) is 0 Å². The zero-order valence-corrected chi connectivity index (χ0v) is 4.87. The van der Waals surface area contributed by atoms with Crippen LogP contribution in [0.15, 0.2) is 24.3 Å². The van der Waals surface area contributed by atoms with Crippen molar-refractivity contribution >= 4 is 6.03 Å². The highest BCUT2D eigenvalue weighted by Gasteiger charge is 2.02. The lowest BCUT2D eigenvalue weighted by Gasteiger charge is -2.03. The molecule has 0 saturated carbocycles. The molecule has 0 aromatic heterocycles. The highest BCUT2D eigenvalue weighted by molar-refractivity contribution is 5.72. The Hall–Kier alpha value is -1.25. The second-order valence-corrected chi connectivity index (χ2v) is 1.80. The molecule has 0 bridgehead atoms. The van der Waals surface area contributed by atoms with Crippen LogP contribution in [0.5, 0.6) is 0 Å². The number of nitrogens with one attached hydrogen (secondary N) is 1. The van der Waals surface area contributed by atoms with Crippen molar-refractivity contribution in [3.05, 3.63) is 24.3 Å². The normalized spacial score (nSPS) is 16.4. The van der Waals surface area contributed by atoms with E-state index < -0.39 is 6.03 Å². The van der Waals surface area contributed by atoms with Gasteiger partial charge in [0.15, 0.2) is 0 Å². The number of amides is 2. The van der Waals surface area contributed by atoms with Crippen molar-refractivity contribution in [1.29, 1.82) is 0 Å². The molecule has 9 heavy (non-hydrogen) atoms. The summed E-state index contributed by atoms with van der Waals surface area (Å²) >= 11 is 0. The average Bonchev–Trinajstić information content (AvgIpc) is 2.15. The maximum absolute atomic E-state index is 10.2. The second kappa shape index (κ2) is 2.35. The Labute approximate surface area is 53.2 Å². The van der Waals surface area contributed by atoms with Crippen molar-refractivity contribution in [3.63, 3.8) is 0 Å². The van der Waals surface area contributed by atoms with Crippen LogP contribution in [0.3, 0.4) is 0 Å². The Bertz CT molecular complexity index is 160. The summed E-state index contributed by atoms with van der Waals surface area (Å²) in [6.45, 7) is 0. The minimum atomic E-state index is -0.490. The number of carbonyl (C=O) groups excluding carboxylic acids is 1. The zero-order chi connectivity index (χ0) is 6.69. The van der Waals surface area contributed by atoms with E-state index in [2.05, 4.69) is 5.32 Å². The summed E-state index contributed by atoms with van der Waals surface area (Å²) in [5, 5.41) is 2.51. The van der Waals surface area contributed by atoms with E-state index in [0.717, 1.165) is 0 Å². The lowest BCUT2D eigenvalue weighted by molar-refractivity contribution is 0.248. The summed E-state index contributed by atoms with van der Waals surface area (Å²) in [7, 11) is 0. The van der Waals surface area contributed by atoms with Crippen molar-refractivity contribution in [2.24, 2.45) is 5.73 Å². The Morgan fingerprint density at radius 3 is 2.44 bits per heavy atom. The molecule has 0 unspecified atom stereocenters. The SMILES string of the molecule is NC(=O)NC1C=CC=C1. The minimum Gasteiger partial charge on any atom is -0.352 e. The smallest absolute Gasteiger partial charge is 0.312 e. The predicted octanol–water partition coefficient (Wildman–Crippen LogP) is 0.149. The standard InChI is InChI=1S/C6H8N2O/c7-6(9)8-5-3-1-2-4-5/h1-5H,(H3,7,8,9). The summed E-state index contributed by atoms with van der Waals surface area (Å²) in [4.78, 5) is 10.2. The molecule has 0 atom stereocenters. The van der Waals surface area contributed by atoms with Crippen LogP contribution in [0, 0.1) is 0 Å². The third-order valence-corrected chi connectivity index (χ3v) is 1.06. The van der Waals surface area contributed by atoms with Crippen molar-refractivity contribution in [3.8, 4) is 0 Å². The highest BCUT2D eigenvalue weighted by Crippen LogP contribution is 1.97. The molecule has 0 saturated heterocycles. The first-order chi connectivity index (χ1) is 4.29. The van der Waals surface area contributed by atoms with Gasteiger partial charge in [-0.1, -0.05) is 24.3 Å². The average molecular weight is 124 g/mol. The molecule has 1 aliphatic carbocycles. The topological polar surface area (TPSA) is 55.1 Å². The van der Waals surface area contributed by atoms with Crippen LogP contribution in [0.25, 0.3) is 0 Å². The first-order valence-electron chi connectivity index (χ1n) is 2.70. The quantitative estimate of drug-likeness (QED) is 0.513. The third kappa shape index (κ3) is 1.60. The lowest BCUT2D eigenvalue weighted by atomic mass is 10.3. The predicted molar refractivity (Wildman–Crippen MR) is 34.8 cm³/mol. The largest absolute Gasteiger partial charge is 0.352 e. The Morgan fingerprint density at radius 1 is 1.44 bits per heavy atom. The molecule has 1 aliphatic rings. The van der Waals surface area contributed by atoms with E-state index in [4.69, 9.17) is 5.73 Å². The Balaban J connectivity index is 2.37. The van der Waals surface area contributed by atoms with Crippen molar-refractivity contribution in [1.82, 2.24) is 5.32 Å². The Morgan fingerprint density at radius 2 is 2.00 bits per heavy atom. The summed E-state index contributed by atoms with van der Waals surface area (Å²) in [5.74, 6) is 0. The maximum atomic E-state index is 10.2. The van der Waals surface area contributed by atoms with E-state index in [1.54, 1.807) is 0 Å². The van der Waals surface area contributed by atoms with Crippen LogP contribution in [0.2, 0.25) is 0 Å². The number of rotatable bonds is 1. The van der Waals surface area contributed by atoms with Crippen LogP contribution < -0.4 is 11.1 Å². The number of hydrogen-bond donors (Lipinski definition) is 2. The zero-order valence-electron chi connectivity index (χ0n) is 4.87. The molecule has 3 nitrogen and oxygen atoms in total. The van der Waals surface area contributed by atoms with Gasteiger partial charge in [-0.2, -0.15) is 0 Å². The molecule has 0 aromatic carbocycles. The molecule has 1 rings (SSSR count). The second-order valence-electron chi connectivity index (χ2n) is 1.80. The summed E-state index contributed by atoms with van der Waals surface area (Å²) in [5.41, 5.74) is 4.85. The number of urea groups is 1. The number of carbonyl (C=O) groups is 1. The molecule has 3 N–H and O–H groups in total. The van der Waals surface area contributed by atoms with Gasteiger partial charge in [0, 0.05) is 0 Å². The molecule has 2 amide bonds. The summed E-state index contributed by atoms with van der Waals surface area (Å²) in [6.07, 6.45) is 7.43. The van der Waals surface area contributed by atoms with E-state index in [-0.39, 0.29) is 6.04 Å². The number of nitrogens with two attached hydrogens (primary N) is 1. The van der Waals surface area contributed by atoms with Gasteiger partial charge in [0.05, 0.1) is 6.04 Å². The Kier molecular flexibility index (Phi) is 1.53. The molecular formula is C6H8N2O. The van der Waals surface area contributed by atoms with Crippen LogP contribution in [-0.2, 0) is 0 Å². The molecular weight excluding hydrogens is 116 g/mol. The molecule has 0 spiro atoms. The molecule has 48 valence electrons. The molecule has 0 aliphatic heterocycles. The van der Waals surface area contributed by atoms with Crippen LogP contribution in [-0.4, -0.2) is 12.1 Å². The van der Waals surface area contributed by atoms with E-state index in [1.807, 2.05) is 24.3 Å². The van der Waals surface area contributed by atoms with E-state index >= 15 is 0 Å². The van der Waals surface area contributed by atoms with Gasteiger partial charge in [-0.25, -0.2) is 4.79 Å². The molecule has 3 heteroatoms. The first kappa shape index (κ1) is 5.88. The van der Waals surface area contributed by atoms with Crippen molar-refractivity contribution in [2.75, 3.05) is 0 Å². The molecule has 0 fully saturated rings. The summed E-state index contributed by atoms with van der Waals surface area (Å²) in [6, 6.07) is -0.487. The van der Waals surface area contributed by atoms with E-state index in [0.29, 0.717) is 0 Å². The highest BCUT2D eigenvalue weighted by atomic mass is 16.2. The molecule has 0 heterocycles. The van der Waals surface area contributed by atoms with Gasteiger partial charge < -0.3 is 11.1 Å². The van der Waals surface area contributed by atoms with Gasteiger partial charge in [0.1, 0.15) is 0 Å². The van der Waals surface area contributed by atoms with Gasteiger partial charge in [-0.05, 0) is 0 Å². The lowest BCUT2D eigenvalue weighted by Crippen LogP contribution is -2.35. The van der Waals surface area contributed by atoms with Gasteiger partial charge in [0.2, 0.25) is 0 Å². The minimum absolute atomic E-state index is 0.00231. The van der Waals surface area contributed by atoms with Crippen LogP contribution in [0.4, 0.5) is 4.79 Å². The molecule has 0 aromatic rings. The fourth-order valence-corrected chi connectivity index (χ4v) is 0.692. The van der Waals surface area contributed by atoms with Gasteiger partial charge in [-0.15, -0.1) is 0 Å². The summed E-state index contributed by atoms with van der Waals surface area (Å²) < 4.78 is 0. The maximum Gasteiger partial charge on any atom is 0.312 e. The molecule has 0 radical (unpaired) electrons. The number of allylic oxidation sites excluding steroid dienone is 2. The third-order valence-electron chi connectivity index (χ3n) is 1.06. The van der Waals surface area contributed by atoms with Crippen molar-refractivity contribution < 1.29 is 4.79 Å². The van der Waals surface area contributed by atoms with Crippen molar-refractivity contribution in [2.45, 2.75) is 6.04 Å². The fraction of sp³-hybridized carbons (Fsp3) is 0.167. The van der Waals surface area contributed by atoms with E-state index in [9.17, 15) is 4.79 Å². The number of primary amides is 1. The monoisotopic (exact) mass is 124 g/mol. The fourth-order valence-electron chi connectivity index (χ4n) is 0.692. The van der Waals surface area contributed by atoms with Gasteiger partial charge >= 0.3 is 6.03 Å². The van der Waals surface area contributed by atoms with Crippen LogP contribution >= 0.6 is 0 Å². The number of hydrogen-bond acceptors (Lipinski definition) is 1. The van der Waals surface area contributed by atoms with Gasteiger partial charge in [0.25, 0.3) is 0 Å². The van der Waals surface area contributed by atoms with Crippen LogP contribution in [0.1, 0.15) is 0 Å². The first-order valence-corrected chi connectivity index (χ1v) is 2.70.